The minimum absolute atomic E-state index is 0.0332. The van der Waals surface area contributed by atoms with Crippen molar-refractivity contribution in [1.82, 2.24) is 9.88 Å². The molecule has 0 atom stereocenters. The first-order valence-corrected chi connectivity index (χ1v) is 5.86. The Hall–Kier alpha value is -0.970. The quantitative estimate of drug-likeness (QED) is 0.812. The van der Waals surface area contributed by atoms with Gasteiger partial charge >= 0.3 is 0 Å². The van der Waals surface area contributed by atoms with E-state index >= 15 is 0 Å². The maximum absolute atomic E-state index is 5.70. The molecule has 4 nitrogen and oxygen atoms in total. The van der Waals surface area contributed by atoms with Crippen LogP contribution in [0.5, 0.6) is 0 Å². The minimum Gasteiger partial charge on any atom is -0.373 e. The summed E-state index contributed by atoms with van der Waals surface area (Å²) in [5, 5.41) is 0. The molecule has 1 aromatic heterocycles. The van der Waals surface area contributed by atoms with Gasteiger partial charge in [0.1, 0.15) is 0 Å². The van der Waals surface area contributed by atoms with Gasteiger partial charge in [-0.1, -0.05) is 6.07 Å². The zero-order valence-electron chi connectivity index (χ0n) is 11.2. The van der Waals surface area contributed by atoms with Crippen LogP contribution in [0.3, 0.4) is 0 Å². The summed E-state index contributed by atoms with van der Waals surface area (Å²) in [6.45, 7) is 5.98. The number of aromatic nitrogens is 1. The zero-order chi connectivity index (χ0) is 12.9. The number of nitrogens with zero attached hydrogens (tertiary/aromatic N) is 2. The molecule has 0 spiro atoms. The van der Waals surface area contributed by atoms with Gasteiger partial charge in [-0.2, -0.15) is 0 Å². The summed E-state index contributed by atoms with van der Waals surface area (Å²) in [5.41, 5.74) is 7.41. The van der Waals surface area contributed by atoms with Crippen LogP contribution in [-0.4, -0.2) is 36.1 Å². The van der Waals surface area contributed by atoms with Crippen LogP contribution in [0.2, 0.25) is 0 Å². The summed E-state index contributed by atoms with van der Waals surface area (Å²) >= 11 is 0. The zero-order valence-corrected chi connectivity index (χ0v) is 11.2. The van der Waals surface area contributed by atoms with Crippen LogP contribution in [0.1, 0.15) is 25.2 Å². The average molecular weight is 237 g/mol. The lowest BCUT2D eigenvalue weighted by Crippen LogP contribution is -2.42. The van der Waals surface area contributed by atoms with E-state index in [1.54, 1.807) is 0 Å². The molecule has 0 aliphatic carbocycles. The number of likely N-dealkylation sites (N-methyl/N-ethyl adjacent to an activating group) is 1. The maximum atomic E-state index is 5.70. The fourth-order valence-corrected chi connectivity index (χ4v) is 1.26. The average Bonchev–Trinajstić information content (AvgIpc) is 2.29. The van der Waals surface area contributed by atoms with Gasteiger partial charge in [0.15, 0.2) is 0 Å². The third-order valence-electron chi connectivity index (χ3n) is 2.99. The lowest BCUT2D eigenvalue weighted by Gasteiger charge is -2.32. The van der Waals surface area contributed by atoms with Crippen LogP contribution >= 0.6 is 0 Å². The Bertz CT molecular complexity index is 350. The highest BCUT2D eigenvalue weighted by Gasteiger charge is 2.20. The van der Waals surface area contributed by atoms with E-state index < -0.39 is 0 Å². The van der Waals surface area contributed by atoms with Crippen LogP contribution in [0.25, 0.3) is 0 Å². The second-order valence-electron chi connectivity index (χ2n) is 5.02. The van der Waals surface area contributed by atoms with Crippen molar-refractivity contribution in [1.29, 1.82) is 0 Å². The molecule has 1 aromatic rings. The fourth-order valence-electron chi connectivity index (χ4n) is 1.26. The van der Waals surface area contributed by atoms with Crippen molar-refractivity contribution in [2.75, 3.05) is 20.7 Å². The summed E-state index contributed by atoms with van der Waals surface area (Å²) in [5.74, 6) is 0. The molecule has 0 radical (unpaired) electrons. The largest absolute Gasteiger partial charge is 0.373 e. The van der Waals surface area contributed by atoms with Gasteiger partial charge in [-0.25, -0.2) is 0 Å². The minimum atomic E-state index is 0.0332. The van der Waals surface area contributed by atoms with Crippen molar-refractivity contribution in [3.8, 4) is 0 Å². The predicted molar refractivity (Wildman–Crippen MR) is 69.6 cm³/mol. The lowest BCUT2D eigenvalue weighted by atomic mass is 10.1. The summed E-state index contributed by atoms with van der Waals surface area (Å²) in [7, 11) is 4.10. The van der Waals surface area contributed by atoms with Crippen molar-refractivity contribution >= 4 is 0 Å². The van der Waals surface area contributed by atoms with Gasteiger partial charge in [0.25, 0.3) is 0 Å². The molecule has 1 rings (SSSR count). The van der Waals surface area contributed by atoms with E-state index in [0.717, 1.165) is 11.4 Å². The predicted octanol–water partition coefficient (Wildman–Crippen LogP) is 1.40. The molecule has 0 aliphatic heterocycles. The van der Waals surface area contributed by atoms with Gasteiger partial charge < -0.3 is 15.4 Å². The van der Waals surface area contributed by atoms with Gasteiger partial charge in [0, 0.05) is 12.1 Å². The van der Waals surface area contributed by atoms with Gasteiger partial charge in [0.05, 0.1) is 24.6 Å². The highest BCUT2D eigenvalue weighted by atomic mass is 16.5. The van der Waals surface area contributed by atoms with E-state index in [2.05, 4.69) is 37.8 Å². The summed E-state index contributed by atoms with van der Waals surface area (Å²) in [6, 6.07) is 5.85. The summed E-state index contributed by atoms with van der Waals surface area (Å²) in [6.07, 6.45) is 0. The van der Waals surface area contributed by atoms with E-state index in [1.807, 2.05) is 18.2 Å². The van der Waals surface area contributed by atoms with Crippen LogP contribution in [0, 0.1) is 0 Å². The summed E-state index contributed by atoms with van der Waals surface area (Å²) < 4.78 is 5.70. The van der Waals surface area contributed by atoms with E-state index in [9.17, 15) is 0 Å². The molecular formula is C13H23N3O. The molecule has 17 heavy (non-hydrogen) atoms. The van der Waals surface area contributed by atoms with Gasteiger partial charge in [0.2, 0.25) is 0 Å². The fraction of sp³-hybridized carbons (Fsp3) is 0.615. The van der Waals surface area contributed by atoms with Crippen molar-refractivity contribution in [2.45, 2.75) is 32.5 Å². The normalized spacial score (nSPS) is 12.1. The van der Waals surface area contributed by atoms with Gasteiger partial charge in [-0.15, -0.1) is 0 Å². The van der Waals surface area contributed by atoms with E-state index in [-0.39, 0.29) is 5.54 Å². The Balaban J connectivity index is 2.45. The number of pyridine rings is 1. The van der Waals surface area contributed by atoms with Crippen molar-refractivity contribution < 1.29 is 4.74 Å². The Labute approximate surface area is 104 Å². The van der Waals surface area contributed by atoms with Crippen molar-refractivity contribution in [3.63, 3.8) is 0 Å². The molecule has 0 aliphatic rings. The van der Waals surface area contributed by atoms with Crippen LogP contribution in [0.15, 0.2) is 18.2 Å². The molecule has 0 saturated carbocycles. The number of nitrogens with two attached hydrogens (primary N) is 1. The highest BCUT2D eigenvalue weighted by molar-refractivity contribution is 5.10. The number of hydrogen-bond donors (Lipinski definition) is 1. The molecule has 96 valence electrons. The number of rotatable bonds is 6. The number of ether oxygens (including phenoxy) is 1. The topological polar surface area (TPSA) is 51.4 Å². The van der Waals surface area contributed by atoms with Crippen LogP contribution in [-0.2, 0) is 17.9 Å². The Morgan fingerprint density at radius 3 is 2.53 bits per heavy atom. The van der Waals surface area contributed by atoms with E-state index in [4.69, 9.17) is 10.5 Å². The second-order valence-corrected chi connectivity index (χ2v) is 5.02. The molecule has 1 heterocycles. The lowest BCUT2D eigenvalue weighted by molar-refractivity contribution is 0.0261. The first-order chi connectivity index (χ1) is 7.95. The van der Waals surface area contributed by atoms with Crippen molar-refractivity contribution in [3.05, 3.63) is 29.6 Å². The highest BCUT2D eigenvalue weighted by Crippen LogP contribution is 2.11. The third-order valence-corrected chi connectivity index (χ3v) is 2.99. The first kappa shape index (κ1) is 14.1. The van der Waals surface area contributed by atoms with E-state index in [1.165, 1.54) is 0 Å². The molecule has 0 saturated heterocycles. The number of hydrogen-bond acceptors (Lipinski definition) is 4. The smallest absolute Gasteiger partial charge is 0.0888 e. The SMILES string of the molecule is CN(C)C(C)(C)COCc1cccc(CN)n1. The molecule has 0 fully saturated rings. The molecular weight excluding hydrogens is 214 g/mol. The summed E-state index contributed by atoms with van der Waals surface area (Å²) in [4.78, 5) is 6.54. The Morgan fingerprint density at radius 1 is 1.29 bits per heavy atom. The molecule has 0 unspecified atom stereocenters. The van der Waals surface area contributed by atoms with Crippen LogP contribution < -0.4 is 5.73 Å². The Kier molecular flexibility index (Phi) is 5.05. The van der Waals surface area contributed by atoms with E-state index in [0.29, 0.717) is 19.8 Å². The van der Waals surface area contributed by atoms with Gasteiger partial charge in [-0.05, 0) is 40.1 Å². The molecule has 2 N–H and O–H groups in total. The van der Waals surface area contributed by atoms with Crippen molar-refractivity contribution in [2.24, 2.45) is 5.73 Å². The second kappa shape index (κ2) is 6.10. The van der Waals surface area contributed by atoms with Gasteiger partial charge in [-0.3, -0.25) is 4.98 Å². The standard InChI is InChI=1S/C13H23N3O/c1-13(2,16(3)4)10-17-9-12-7-5-6-11(8-14)15-12/h5-7H,8-10,14H2,1-4H3. The van der Waals surface area contributed by atoms with Crippen LogP contribution in [0.4, 0.5) is 0 Å². The third kappa shape index (κ3) is 4.42. The molecule has 0 aromatic carbocycles. The maximum Gasteiger partial charge on any atom is 0.0888 e. The molecule has 0 amide bonds. The molecule has 0 bridgehead atoms. The Morgan fingerprint density at radius 2 is 1.94 bits per heavy atom. The molecule has 4 heteroatoms. The monoisotopic (exact) mass is 237 g/mol. The first-order valence-electron chi connectivity index (χ1n) is 5.86.